The molecular weight excluding hydrogens is 342 g/mol. The highest BCUT2D eigenvalue weighted by Crippen LogP contribution is 2.47. The Labute approximate surface area is 160 Å². The van der Waals surface area contributed by atoms with Crippen molar-refractivity contribution in [3.05, 3.63) is 29.7 Å². The zero-order valence-electron chi connectivity index (χ0n) is 16.7. The summed E-state index contributed by atoms with van der Waals surface area (Å²) in [5.74, 6) is 1.94. The van der Waals surface area contributed by atoms with Gasteiger partial charge in [0.05, 0.1) is 18.2 Å². The highest BCUT2D eigenvalue weighted by atomic mass is 16.4. The summed E-state index contributed by atoms with van der Waals surface area (Å²) in [4.78, 5) is 14.8. The van der Waals surface area contributed by atoms with Crippen molar-refractivity contribution in [2.24, 2.45) is 13.0 Å². The first-order valence-electron chi connectivity index (χ1n) is 9.96. The van der Waals surface area contributed by atoms with Gasteiger partial charge < -0.3 is 9.32 Å². The lowest BCUT2D eigenvalue weighted by molar-refractivity contribution is -0.133. The fraction of sp³-hybridized carbons (Fsp3) is 0.700. The van der Waals surface area contributed by atoms with Crippen molar-refractivity contribution >= 4 is 5.91 Å². The van der Waals surface area contributed by atoms with Gasteiger partial charge in [0.15, 0.2) is 0 Å². The minimum absolute atomic E-state index is 0.122. The summed E-state index contributed by atoms with van der Waals surface area (Å²) in [5, 5.41) is 13.0. The highest BCUT2D eigenvalue weighted by molar-refractivity contribution is 5.81. The summed E-state index contributed by atoms with van der Waals surface area (Å²) < 4.78 is 7.84. The molecule has 1 aliphatic heterocycles. The van der Waals surface area contributed by atoms with Crippen LogP contribution in [0.3, 0.4) is 0 Å². The molecule has 2 fully saturated rings. The Hall–Kier alpha value is -2.18. The Kier molecular flexibility index (Phi) is 4.56. The van der Waals surface area contributed by atoms with E-state index < -0.39 is 0 Å². The van der Waals surface area contributed by atoms with E-state index in [1.165, 1.54) is 25.7 Å². The molecule has 2 unspecified atom stereocenters. The minimum atomic E-state index is -0.293. The summed E-state index contributed by atoms with van der Waals surface area (Å²) in [7, 11) is 1.89. The maximum absolute atomic E-state index is 12.9. The molecule has 3 heterocycles. The summed E-state index contributed by atoms with van der Waals surface area (Å²) in [6, 6.07) is -0.133. The van der Waals surface area contributed by atoms with Gasteiger partial charge in [0.2, 0.25) is 17.7 Å². The van der Waals surface area contributed by atoms with Crippen LogP contribution in [0.2, 0.25) is 0 Å². The maximum Gasteiger partial charge on any atom is 0.224 e. The quantitative estimate of drug-likeness (QED) is 0.823. The van der Waals surface area contributed by atoms with E-state index in [1.54, 1.807) is 4.68 Å². The van der Waals surface area contributed by atoms with Crippen LogP contribution in [0, 0.1) is 5.92 Å². The molecule has 7 nitrogen and oxygen atoms in total. The largest absolute Gasteiger partial charge is 0.425 e. The van der Waals surface area contributed by atoms with Crippen LogP contribution in [-0.4, -0.2) is 36.3 Å². The standard InChI is InChI=1S/C20H29N5O2/c1-20(2,3)25-17(26)10-15(18(25)14-11-21-24(4)12-14)19-23-22-16(27-19)9-13-7-5-6-8-13/h11-13,15,18H,5-10H2,1-4H3. The zero-order chi connectivity index (χ0) is 19.2. The summed E-state index contributed by atoms with van der Waals surface area (Å²) in [6.45, 7) is 6.20. The summed E-state index contributed by atoms with van der Waals surface area (Å²) in [5.41, 5.74) is 0.720. The van der Waals surface area contributed by atoms with E-state index in [0.717, 1.165) is 12.0 Å². The van der Waals surface area contributed by atoms with E-state index in [9.17, 15) is 4.79 Å². The molecule has 2 aromatic rings. The van der Waals surface area contributed by atoms with E-state index >= 15 is 0 Å². The number of carbonyl (C=O) groups is 1. The van der Waals surface area contributed by atoms with Crippen LogP contribution in [0.15, 0.2) is 16.8 Å². The fourth-order valence-electron chi connectivity index (χ4n) is 4.68. The molecule has 0 bridgehead atoms. The van der Waals surface area contributed by atoms with Crippen LogP contribution in [0.5, 0.6) is 0 Å². The molecular formula is C20H29N5O2. The third kappa shape index (κ3) is 3.51. The van der Waals surface area contributed by atoms with Gasteiger partial charge in [-0.25, -0.2) is 0 Å². The van der Waals surface area contributed by atoms with Crippen molar-refractivity contribution in [1.82, 2.24) is 24.9 Å². The lowest BCUT2D eigenvalue weighted by Crippen LogP contribution is -2.44. The second-order valence-corrected chi connectivity index (χ2v) is 9.03. The van der Waals surface area contributed by atoms with Crippen molar-refractivity contribution < 1.29 is 9.21 Å². The topological polar surface area (TPSA) is 77.0 Å². The molecule has 146 valence electrons. The molecule has 0 N–H and O–H groups in total. The van der Waals surface area contributed by atoms with E-state index in [2.05, 4.69) is 36.1 Å². The SMILES string of the molecule is Cn1cc(C2C(c3nnc(CC4CCCC4)o3)CC(=O)N2C(C)(C)C)cn1. The summed E-state index contributed by atoms with van der Waals surface area (Å²) >= 11 is 0. The van der Waals surface area contributed by atoms with Gasteiger partial charge in [0, 0.05) is 37.2 Å². The van der Waals surface area contributed by atoms with Crippen molar-refractivity contribution in [1.29, 1.82) is 0 Å². The number of hydrogen-bond donors (Lipinski definition) is 0. The number of aryl methyl sites for hydroxylation is 1. The lowest BCUT2D eigenvalue weighted by atomic mass is 9.93. The Morgan fingerprint density at radius 3 is 2.59 bits per heavy atom. The number of likely N-dealkylation sites (tertiary alicyclic amines) is 1. The van der Waals surface area contributed by atoms with E-state index in [1.807, 2.05) is 24.3 Å². The van der Waals surface area contributed by atoms with Crippen molar-refractivity contribution in [2.75, 3.05) is 0 Å². The molecule has 4 rings (SSSR count). The second kappa shape index (κ2) is 6.77. The van der Waals surface area contributed by atoms with Gasteiger partial charge in [-0.1, -0.05) is 12.8 Å². The number of aromatic nitrogens is 4. The molecule has 2 aliphatic rings. The van der Waals surface area contributed by atoms with Gasteiger partial charge in [-0.2, -0.15) is 5.10 Å². The van der Waals surface area contributed by atoms with E-state index in [-0.39, 0.29) is 23.4 Å². The highest BCUT2D eigenvalue weighted by Gasteiger charge is 2.48. The number of hydrogen-bond acceptors (Lipinski definition) is 5. The predicted molar refractivity (Wildman–Crippen MR) is 99.9 cm³/mol. The molecule has 0 spiro atoms. The Morgan fingerprint density at radius 1 is 1.22 bits per heavy atom. The Bertz CT molecular complexity index is 812. The van der Waals surface area contributed by atoms with E-state index in [0.29, 0.717) is 24.1 Å². The molecule has 2 atom stereocenters. The van der Waals surface area contributed by atoms with Gasteiger partial charge in [-0.15, -0.1) is 10.2 Å². The normalized spacial score (nSPS) is 24.3. The molecule has 1 amide bonds. The Balaban J connectivity index is 1.64. The molecule has 7 heteroatoms. The number of rotatable bonds is 4. The van der Waals surface area contributed by atoms with Gasteiger partial charge in [-0.3, -0.25) is 9.48 Å². The molecule has 27 heavy (non-hydrogen) atoms. The lowest BCUT2D eigenvalue weighted by Gasteiger charge is -2.37. The molecule has 1 aliphatic carbocycles. The van der Waals surface area contributed by atoms with Crippen LogP contribution < -0.4 is 0 Å². The monoisotopic (exact) mass is 371 g/mol. The predicted octanol–water partition coefficient (Wildman–Crippen LogP) is 3.39. The van der Waals surface area contributed by atoms with Crippen LogP contribution in [0.1, 0.15) is 82.2 Å². The van der Waals surface area contributed by atoms with Crippen LogP contribution in [-0.2, 0) is 18.3 Å². The van der Waals surface area contributed by atoms with Gasteiger partial charge in [-0.05, 0) is 39.5 Å². The first-order valence-corrected chi connectivity index (χ1v) is 9.96. The molecule has 1 saturated carbocycles. The average Bonchev–Trinajstić information content (AvgIpc) is 3.33. The van der Waals surface area contributed by atoms with Crippen molar-refractivity contribution in [3.8, 4) is 0 Å². The molecule has 2 aromatic heterocycles. The maximum atomic E-state index is 12.9. The number of carbonyl (C=O) groups excluding carboxylic acids is 1. The first-order chi connectivity index (χ1) is 12.8. The minimum Gasteiger partial charge on any atom is -0.425 e. The molecule has 0 radical (unpaired) electrons. The zero-order valence-corrected chi connectivity index (χ0v) is 16.7. The van der Waals surface area contributed by atoms with E-state index in [4.69, 9.17) is 4.42 Å². The summed E-state index contributed by atoms with van der Waals surface area (Å²) in [6.07, 6.45) is 10.1. The first kappa shape index (κ1) is 18.2. The van der Waals surface area contributed by atoms with Crippen molar-refractivity contribution in [2.45, 2.75) is 76.8 Å². The van der Waals surface area contributed by atoms with Crippen molar-refractivity contribution in [3.63, 3.8) is 0 Å². The number of amides is 1. The number of nitrogens with zero attached hydrogens (tertiary/aromatic N) is 5. The smallest absolute Gasteiger partial charge is 0.224 e. The molecule has 1 saturated heterocycles. The van der Waals surface area contributed by atoms with Gasteiger partial charge in [0.1, 0.15) is 0 Å². The van der Waals surface area contributed by atoms with Gasteiger partial charge in [0.25, 0.3) is 0 Å². The third-order valence-corrected chi connectivity index (χ3v) is 5.85. The average molecular weight is 371 g/mol. The van der Waals surface area contributed by atoms with Crippen LogP contribution in [0.4, 0.5) is 0 Å². The van der Waals surface area contributed by atoms with Gasteiger partial charge >= 0.3 is 0 Å². The third-order valence-electron chi connectivity index (χ3n) is 5.85. The van der Waals surface area contributed by atoms with Crippen LogP contribution >= 0.6 is 0 Å². The second-order valence-electron chi connectivity index (χ2n) is 9.03. The fourth-order valence-corrected chi connectivity index (χ4v) is 4.68. The van der Waals surface area contributed by atoms with Crippen LogP contribution in [0.25, 0.3) is 0 Å². The molecule has 0 aromatic carbocycles. The Morgan fingerprint density at radius 2 is 1.96 bits per heavy atom.